The Morgan fingerprint density at radius 1 is 0.971 bits per heavy atom. The number of hydrogen-bond donors (Lipinski definition) is 4. The highest BCUT2D eigenvalue weighted by Gasteiger charge is 2.46. The number of urea groups is 1. The second-order valence-electron chi connectivity index (χ2n) is 10.3. The third kappa shape index (κ3) is 5.33. The lowest BCUT2D eigenvalue weighted by atomic mass is 9.84. The smallest absolute Gasteiger partial charge is 0.319 e. The molecule has 0 spiro atoms. The lowest BCUT2D eigenvalue weighted by molar-refractivity contribution is -0.142. The first-order chi connectivity index (χ1) is 16.6. The average Bonchev–Trinajstić information content (AvgIpc) is 3.47. The molecule has 4 atom stereocenters. The van der Waals surface area contributed by atoms with Crippen molar-refractivity contribution in [1.82, 2.24) is 10.6 Å². The Morgan fingerprint density at radius 2 is 1.68 bits per heavy atom. The van der Waals surface area contributed by atoms with Gasteiger partial charge in [-0.3, -0.25) is 4.79 Å². The molecule has 1 saturated heterocycles. The summed E-state index contributed by atoms with van der Waals surface area (Å²) in [7, 11) is 0. The maximum atomic E-state index is 12.7. The largest absolute Gasteiger partial charge is 0.487 e. The number of nitrogens with one attached hydrogen (secondary N) is 3. The third-order valence-electron chi connectivity index (χ3n) is 7.83. The van der Waals surface area contributed by atoms with Gasteiger partial charge in [-0.2, -0.15) is 0 Å². The van der Waals surface area contributed by atoms with Crippen molar-refractivity contribution in [2.75, 3.05) is 11.9 Å². The first kappa shape index (κ1) is 23.4. The lowest BCUT2D eigenvalue weighted by Crippen LogP contribution is -2.48. The van der Waals surface area contributed by atoms with Crippen LogP contribution in [0.5, 0.6) is 5.75 Å². The van der Waals surface area contributed by atoms with Crippen molar-refractivity contribution in [2.45, 2.75) is 107 Å². The Morgan fingerprint density at radius 3 is 2.41 bits per heavy atom. The minimum Gasteiger partial charge on any atom is -0.487 e. The summed E-state index contributed by atoms with van der Waals surface area (Å²) in [4.78, 5) is 25.1. The van der Waals surface area contributed by atoms with Gasteiger partial charge in [0, 0.05) is 29.3 Å². The zero-order chi connectivity index (χ0) is 23.5. The SMILES string of the molecule is O=C(C[C@@H]1C[C@H]2c3cc(NC(=O)NC4CCCC4)ccc3O[C@H]2[C@H](CO)O1)NC1CCCCC1. The van der Waals surface area contributed by atoms with E-state index in [0.717, 1.165) is 55.5 Å². The van der Waals surface area contributed by atoms with Gasteiger partial charge < -0.3 is 30.5 Å². The van der Waals surface area contributed by atoms with Crippen LogP contribution in [0.3, 0.4) is 0 Å². The van der Waals surface area contributed by atoms with Crippen molar-refractivity contribution in [3.05, 3.63) is 23.8 Å². The standard InChI is InChI=1S/C26H37N3O5/c30-15-23-25-21(13-19(33-23)14-24(31)27-16-6-2-1-3-7-16)20-12-18(10-11-22(20)34-25)29-26(32)28-17-8-4-5-9-17/h10-12,16-17,19,21,23,25,30H,1-9,13-15H2,(H,27,31)(H2,28,29,32)/t19-,21-,23-,25+/m0/s1. The predicted octanol–water partition coefficient (Wildman–Crippen LogP) is 3.58. The fourth-order valence-electron chi connectivity index (χ4n) is 6.13. The molecule has 1 aromatic rings. The summed E-state index contributed by atoms with van der Waals surface area (Å²) in [5.74, 6) is 0.782. The summed E-state index contributed by atoms with van der Waals surface area (Å²) in [6.45, 7) is -0.162. The van der Waals surface area contributed by atoms with E-state index in [1.807, 2.05) is 18.2 Å². The van der Waals surface area contributed by atoms with Crippen LogP contribution in [0.15, 0.2) is 18.2 Å². The minimum absolute atomic E-state index is 0.00743. The van der Waals surface area contributed by atoms with Crippen molar-refractivity contribution >= 4 is 17.6 Å². The lowest BCUT2D eigenvalue weighted by Gasteiger charge is -2.37. The van der Waals surface area contributed by atoms with Gasteiger partial charge in [0.15, 0.2) is 0 Å². The normalized spacial score (nSPS) is 29.1. The molecule has 4 N–H and O–H groups in total. The third-order valence-corrected chi connectivity index (χ3v) is 7.83. The fraction of sp³-hybridized carbons (Fsp3) is 0.692. The van der Waals surface area contributed by atoms with Gasteiger partial charge >= 0.3 is 6.03 Å². The molecule has 8 heteroatoms. The molecule has 34 heavy (non-hydrogen) atoms. The van der Waals surface area contributed by atoms with E-state index in [0.29, 0.717) is 6.42 Å². The highest BCUT2D eigenvalue weighted by Crippen LogP contribution is 2.47. The van der Waals surface area contributed by atoms with Crippen LogP contribution < -0.4 is 20.7 Å². The van der Waals surface area contributed by atoms with Gasteiger partial charge in [-0.25, -0.2) is 4.79 Å². The molecule has 0 radical (unpaired) electrons. The van der Waals surface area contributed by atoms with E-state index in [1.165, 1.54) is 19.3 Å². The monoisotopic (exact) mass is 471 g/mol. The number of ether oxygens (including phenoxy) is 2. The highest BCUT2D eigenvalue weighted by atomic mass is 16.6. The van der Waals surface area contributed by atoms with Crippen LogP contribution in [0.2, 0.25) is 0 Å². The molecule has 186 valence electrons. The van der Waals surface area contributed by atoms with E-state index in [4.69, 9.17) is 9.47 Å². The first-order valence-electron chi connectivity index (χ1n) is 13.0. The quantitative estimate of drug-likeness (QED) is 0.507. The van der Waals surface area contributed by atoms with Gasteiger partial charge in [0.2, 0.25) is 5.91 Å². The molecular weight excluding hydrogens is 434 g/mol. The van der Waals surface area contributed by atoms with Gasteiger partial charge in [0.1, 0.15) is 18.0 Å². The molecule has 1 aromatic carbocycles. The van der Waals surface area contributed by atoms with E-state index < -0.39 is 6.10 Å². The molecule has 0 bridgehead atoms. The number of carbonyl (C=O) groups is 2. The predicted molar refractivity (Wildman–Crippen MR) is 128 cm³/mol. The Bertz CT molecular complexity index is 881. The van der Waals surface area contributed by atoms with E-state index in [-0.39, 0.29) is 55.2 Å². The Hall–Kier alpha value is -2.32. The molecule has 4 aliphatic rings. The van der Waals surface area contributed by atoms with Crippen LogP contribution in [0.1, 0.15) is 82.1 Å². The van der Waals surface area contributed by atoms with Gasteiger partial charge in [0.25, 0.3) is 0 Å². The number of amides is 3. The fourth-order valence-corrected chi connectivity index (χ4v) is 6.13. The number of benzene rings is 1. The number of anilines is 1. The summed E-state index contributed by atoms with van der Waals surface area (Å²) < 4.78 is 12.2. The molecular formula is C26H37N3O5. The summed E-state index contributed by atoms with van der Waals surface area (Å²) in [5.41, 5.74) is 1.72. The number of aliphatic hydroxyl groups excluding tert-OH is 1. The highest BCUT2D eigenvalue weighted by molar-refractivity contribution is 5.89. The molecule has 2 aliphatic carbocycles. The van der Waals surface area contributed by atoms with E-state index >= 15 is 0 Å². The summed E-state index contributed by atoms with van der Waals surface area (Å²) in [6.07, 6.45) is 9.96. The molecule has 0 unspecified atom stereocenters. The molecule has 2 heterocycles. The van der Waals surface area contributed by atoms with Crippen molar-refractivity contribution < 1.29 is 24.2 Å². The molecule has 0 aromatic heterocycles. The zero-order valence-corrected chi connectivity index (χ0v) is 19.8. The summed E-state index contributed by atoms with van der Waals surface area (Å²) in [5, 5.41) is 19.1. The maximum absolute atomic E-state index is 12.7. The number of carbonyl (C=O) groups excluding carboxylic acids is 2. The molecule has 3 fully saturated rings. The average molecular weight is 472 g/mol. The van der Waals surface area contributed by atoms with Crippen molar-refractivity contribution in [2.24, 2.45) is 0 Å². The molecule has 3 amide bonds. The molecule has 8 nitrogen and oxygen atoms in total. The Balaban J connectivity index is 1.23. The van der Waals surface area contributed by atoms with Gasteiger partial charge in [-0.15, -0.1) is 0 Å². The number of hydrogen-bond acceptors (Lipinski definition) is 5. The molecule has 5 rings (SSSR count). The second kappa shape index (κ2) is 10.5. The Labute approximate surface area is 201 Å². The van der Waals surface area contributed by atoms with E-state index in [9.17, 15) is 14.7 Å². The van der Waals surface area contributed by atoms with Crippen molar-refractivity contribution in [3.63, 3.8) is 0 Å². The minimum atomic E-state index is -0.485. The van der Waals surface area contributed by atoms with Crippen molar-refractivity contribution in [3.8, 4) is 5.75 Å². The molecule has 2 saturated carbocycles. The van der Waals surface area contributed by atoms with Gasteiger partial charge in [0.05, 0.1) is 19.1 Å². The molecule has 2 aliphatic heterocycles. The van der Waals surface area contributed by atoms with Crippen molar-refractivity contribution in [1.29, 1.82) is 0 Å². The van der Waals surface area contributed by atoms with Crippen LogP contribution in [0, 0.1) is 0 Å². The zero-order valence-electron chi connectivity index (χ0n) is 19.8. The van der Waals surface area contributed by atoms with Crippen LogP contribution in [0.4, 0.5) is 10.5 Å². The summed E-state index contributed by atoms with van der Waals surface area (Å²) >= 11 is 0. The number of fused-ring (bicyclic) bond motifs is 3. The number of aliphatic hydroxyl groups is 1. The Kier molecular flexibility index (Phi) is 7.25. The first-order valence-corrected chi connectivity index (χ1v) is 13.0. The van der Waals surface area contributed by atoms with Crippen LogP contribution >= 0.6 is 0 Å². The summed E-state index contributed by atoms with van der Waals surface area (Å²) in [6, 6.07) is 6.02. The van der Waals surface area contributed by atoms with Gasteiger partial charge in [-0.1, -0.05) is 32.1 Å². The van der Waals surface area contributed by atoms with Crippen LogP contribution in [0.25, 0.3) is 0 Å². The second-order valence-corrected chi connectivity index (χ2v) is 10.3. The maximum Gasteiger partial charge on any atom is 0.319 e. The topological polar surface area (TPSA) is 109 Å². The van der Waals surface area contributed by atoms with E-state index in [1.54, 1.807) is 0 Å². The van der Waals surface area contributed by atoms with Crippen LogP contribution in [-0.4, -0.2) is 54.0 Å². The van der Waals surface area contributed by atoms with Crippen LogP contribution in [-0.2, 0) is 9.53 Å². The number of rotatable bonds is 6. The van der Waals surface area contributed by atoms with Gasteiger partial charge in [-0.05, 0) is 50.3 Å². The van der Waals surface area contributed by atoms with E-state index in [2.05, 4.69) is 16.0 Å².